The molecule has 1 saturated carbocycles. The molecule has 0 spiro atoms. The van der Waals surface area contributed by atoms with Gasteiger partial charge in [0.1, 0.15) is 23.3 Å². The van der Waals surface area contributed by atoms with Crippen LogP contribution in [-0.2, 0) is 0 Å². The van der Waals surface area contributed by atoms with Gasteiger partial charge < -0.3 is 19.2 Å². The van der Waals surface area contributed by atoms with Gasteiger partial charge >= 0.3 is 0 Å². The van der Waals surface area contributed by atoms with Gasteiger partial charge in [-0.3, -0.25) is 9.59 Å². The minimum atomic E-state index is -0.271. The highest BCUT2D eigenvalue weighted by Gasteiger charge is 2.18. The Morgan fingerprint density at radius 2 is 1.79 bits per heavy atom. The number of carbonyl (C=O) groups excluding carboxylic acids is 1. The smallest absolute Gasteiger partial charge is 0.251 e. The molecule has 3 aromatic rings. The van der Waals surface area contributed by atoms with Crippen molar-refractivity contribution in [1.29, 1.82) is 0 Å². The van der Waals surface area contributed by atoms with E-state index < -0.39 is 0 Å². The Balaban J connectivity index is 1.50. The SMILES string of the molecule is COc1ccc2c(=O)c(Oc3ccc(C(=O)NC4CCCC4)cc3)coc2c1. The lowest BCUT2D eigenvalue weighted by Crippen LogP contribution is -2.32. The van der Waals surface area contributed by atoms with Crippen LogP contribution in [0.4, 0.5) is 0 Å². The van der Waals surface area contributed by atoms with E-state index in [4.69, 9.17) is 13.9 Å². The molecule has 0 saturated heterocycles. The number of benzene rings is 2. The molecule has 2 aromatic carbocycles. The second kappa shape index (κ2) is 7.76. The van der Waals surface area contributed by atoms with Gasteiger partial charge in [0.2, 0.25) is 11.2 Å². The summed E-state index contributed by atoms with van der Waals surface area (Å²) in [5, 5.41) is 3.46. The summed E-state index contributed by atoms with van der Waals surface area (Å²) < 4.78 is 16.3. The highest BCUT2D eigenvalue weighted by molar-refractivity contribution is 5.94. The van der Waals surface area contributed by atoms with Crippen LogP contribution in [-0.4, -0.2) is 19.1 Å². The van der Waals surface area contributed by atoms with Gasteiger partial charge in [0.25, 0.3) is 5.91 Å². The largest absolute Gasteiger partial charge is 0.497 e. The monoisotopic (exact) mass is 379 g/mol. The summed E-state index contributed by atoms with van der Waals surface area (Å²) >= 11 is 0. The number of nitrogens with one attached hydrogen (secondary N) is 1. The molecule has 6 heteroatoms. The number of hydrogen-bond acceptors (Lipinski definition) is 5. The maximum absolute atomic E-state index is 12.6. The van der Waals surface area contributed by atoms with Crippen LogP contribution in [0.2, 0.25) is 0 Å². The standard InChI is InChI=1S/C22H21NO5/c1-26-17-10-11-18-19(12-17)27-13-20(21(18)24)28-16-8-6-14(7-9-16)22(25)23-15-4-2-3-5-15/h6-13,15H,2-5H2,1H3,(H,23,25). The summed E-state index contributed by atoms with van der Waals surface area (Å²) in [6.45, 7) is 0. The summed E-state index contributed by atoms with van der Waals surface area (Å²) in [6.07, 6.45) is 5.69. The van der Waals surface area contributed by atoms with Crippen molar-refractivity contribution in [2.45, 2.75) is 31.7 Å². The molecular formula is C22H21NO5. The lowest BCUT2D eigenvalue weighted by atomic mass is 10.1. The van der Waals surface area contributed by atoms with Crippen LogP contribution in [0.25, 0.3) is 11.0 Å². The molecule has 0 radical (unpaired) electrons. The Morgan fingerprint density at radius 3 is 2.50 bits per heavy atom. The second-order valence-electron chi connectivity index (χ2n) is 6.87. The lowest BCUT2D eigenvalue weighted by molar-refractivity contribution is 0.0938. The van der Waals surface area contributed by atoms with Gasteiger partial charge in [-0.25, -0.2) is 0 Å². The van der Waals surface area contributed by atoms with Crippen molar-refractivity contribution in [2.24, 2.45) is 0 Å². The third-order valence-corrected chi connectivity index (χ3v) is 4.98. The fourth-order valence-corrected chi connectivity index (χ4v) is 3.43. The van der Waals surface area contributed by atoms with E-state index in [1.807, 2.05) is 0 Å². The van der Waals surface area contributed by atoms with Crippen LogP contribution < -0.4 is 20.2 Å². The first-order valence-electron chi connectivity index (χ1n) is 9.32. The predicted octanol–water partition coefficient (Wildman–Crippen LogP) is 4.27. The third-order valence-electron chi connectivity index (χ3n) is 4.98. The molecular weight excluding hydrogens is 358 g/mol. The van der Waals surface area contributed by atoms with Gasteiger partial charge in [0.15, 0.2) is 0 Å². The fraction of sp³-hybridized carbons (Fsp3) is 0.273. The van der Waals surface area contributed by atoms with E-state index in [9.17, 15) is 9.59 Å². The van der Waals surface area contributed by atoms with Crippen LogP contribution in [0.5, 0.6) is 17.2 Å². The topological polar surface area (TPSA) is 77.8 Å². The Labute approximate surface area is 162 Å². The summed E-state index contributed by atoms with van der Waals surface area (Å²) in [4.78, 5) is 24.9. The molecule has 1 fully saturated rings. The van der Waals surface area contributed by atoms with Crippen molar-refractivity contribution in [1.82, 2.24) is 5.32 Å². The molecule has 0 bridgehead atoms. The molecule has 144 valence electrons. The Hall–Kier alpha value is -3.28. The first-order valence-corrected chi connectivity index (χ1v) is 9.32. The lowest BCUT2D eigenvalue weighted by Gasteiger charge is -2.12. The number of ether oxygens (including phenoxy) is 2. The molecule has 1 amide bonds. The van der Waals surface area contributed by atoms with Crippen LogP contribution in [0.15, 0.2) is 57.9 Å². The van der Waals surface area contributed by atoms with Crippen LogP contribution in [0.1, 0.15) is 36.0 Å². The first kappa shape index (κ1) is 18.1. The second-order valence-corrected chi connectivity index (χ2v) is 6.87. The number of carbonyl (C=O) groups is 1. The van der Waals surface area contributed by atoms with E-state index >= 15 is 0 Å². The zero-order valence-electron chi connectivity index (χ0n) is 15.6. The van der Waals surface area contributed by atoms with Gasteiger partial charge in [-0.15, -0.1) is 0 Å². The Morgan fingerprint density at radius 1 is 1.07 bits per heavy atom. The van der Waals surface area contributed by atoms with Gasteiger partial charge in [0, 0.05) is 17.7 Å². The number of amides is 1. The van der Waals surface area contributed by atoms with Gasteiger partial charge in [-0.2, -0.15) is 0 Å². The minimum absolute atomic E-state index is 0.0841. The molecule has 1 heterocycles. The van der Waals surface area contributed by atoms with Crippen LogP contribution in [0.3, 0.4) is 0 Å². The number of hydrogen-bond donors (Lipinski definition) is 1. The summed E-state index contributed by atoms with van der Waals surface area (Å²) in [5.41, 5.74) is 0.722. The highest BCUT2D eigenvalue weighted by Crippen LogP contribution is 2.24. The molecule has 0 unspecified atom stereocenters. The average Bonchev–Trinajstić information content (AvgIpc) is 3.23. The minimum Gasteiger partial charge on any atom is -0.497 e. The molecule has 0 aliphatic heterocycles. The zero-order chi connectivity index (χ0) is 19.5. The maximum atomic E-state index is 12.6. The van der Waals surface area contributed by atoms with Crippen molar-refractivity contribution >= 4 is 16.9 Å². The van der Waals surface area contributed by atoms with Gasteiger partial charge in [0.05, 0.1) is 12.5 Å². The fourth-order valence-electron chi connectivity index (χ4n) is 3.43. The average molecular weight is 379 g/mol. The number of rotatable bonds is 5. The van der Waals surface area contributed by atoms with E-state index in [1.165, 1.54) is 19.1 Å². The quantitative estimate of drug-likeness (QED) is 0.716. The van der Waals surface area contributed by atoms with Crippen molar-refractivity contribution < 1.29 is 18.7 Å². The van der Waals surface area contributed by atoms with E-state index in [-0.39, 0.29) is 23.1 Å². The number of fused-ring (bicyclic) bond motifs is 1. The summed E-state index contributed by atoms with van der Waals surface area (Å²) in [6, 6.07) is 12.0. The molecule has 1 N–H and O–H groups in total. The van der Waals surface area contributed by atoms with Crippen molar-refractivity contribution in [3.05, 3.63) is 64.5 Å². The molecule has 0 atom stereocenters. The highest BCUT2D eigenvalue weighted by atomic mass is 16.5. The van der Waals surface area contributed by atoms with E-state index in [2.05, 4.69) is 5.32 Å². The van der Waals surface area contributed by atoms with Gasteiger partial charge in [-0.05, 0) is 49.2 Å². The zero-order valence-corrected chi connectivity index (χ0v) is 15.6. The van der Waals surface area contributed by atoms with E-state index in [0.29, 0.717) is 28.0 Å². The normalized spacial score (nSPS) is 14.2. The Bertz CT molecular complexity index is 1050. The molecule has 28 heavy (non-hydrogen) atoms. The molecule has 1 aliphatic carbocycles. The maximum Gasteiger partial charge on any atom is 0.251 e. The van der Waals surface area contributed by atoms with Crippen LogP contribution >= 0.6 is 0 Å². The van der Waals surface area contributed by atoms with Crippen LogP contribution in [0, 0.1) is 0 Å². The van der Waals surface area contributed by atoms with Crippen molar-refractivity contribution in [3.63, 3.8) is 0 Å². The van der Waals surface area contributed by atoms with E-state index in [0.717, 1.165) is 12.8 Å². The first-order chi connectivity index (χ1) is 13.6. The van der Waals surface area contributed by atoms with Crippen molar-refractivity contribution in [2.75, 3.05) is 7.11 Å². The molecule has 6 nitrogen and oxygen atoms in total. The third kappa shape index (κ3) is 3.71. The molecule has 1 aromatic heterocycles. The van der Waals surface area contributed by atoms with Crippen molar-refractivity contribution in [3.8, 4) is 17.2 Å². The molecule has 1 aliphatic rings. The van der Waals surface area contributed by atoms with E-state index in [1.54, 1.807) is 49.6 Å². The van der Waals surface area contributed by atoms with Gasteiger partial charge in [-0.1, -0.05) is 12.8 Å². The number of methoxy groups -OCH3 is 1. The molecule has 4 rings (SSSR count). The summed E-state index contributed by atoms with van der Waals surface area (Å²) in [5.74, 6) is 1.06. The summed E-state index contributed by atoms with van der Waals surface area (Å²) in [7, 11) is 1.55. The Kier molecular flexibility index (Phi) is 5.02. The predicted molar refractivity (Wildman–Crippen MR) is 105 cm³/mol.